The molecule has 0 saturated heterocycles. The van der Waals surface area contributed by atoms with Gasteiger partial charge in [0.25, 0.3) is 0 Å². The van der Waals surface area contributed by atoms with Crippen molar-refractivity contribution >= 4 is 11.8 Å². The van der Waals surface area contributed by atoms with Gasteiger partial charge in [-0.1, -0.05) is 117 Å². The lowest BCUT2D eigenvalue weighted by molar-refractivity contribution is -0.911. The van der Waals surface area contributed by atoms with Gasteiger partial charge in [-0.15, -0.1) is 0 Å². The molecule has 0 aromatic rings. The van der Waals surface area contributed by atoms with Gasteiger partial charge in [0, 0.05) is 19.3 Å². The first-order valence-corrected chi connectivity index (χ1v) is 16.7. The summed E-state index contributed by atoms with van der Waals surface area (Å²) in [6.07, 6.45) is 25.1. The summed E-state index contributed by atoms with van der Waals surface area (Å²) in [5, 5.41) is 6.31. The molecular weight excluding hydrogens is 470 g/mol. The van der Waals surface area contributed by atoms with Crippen molar-refractivity contribution in [3.8, 4) is 0 Å². The highest BCUT2D eigenvalue weighted by atomic mass is 16.2. The Balaban J connectivity index is 4.38. The van der Waals surface area contributed by atoms with Crippen LogP contribution in [0.5, 0.6) is 0 Å². The Hall–Kier alpha value is -1.10. The average Bonchev–Trinajstić information content (AvgIpc) is 2.89. The Kier molecular flexibility index (Phi) is 24.2. The Morgan fingerprint density at radius 3 is 1.24 bits per heavy atom. The summed E-state index contributed by atoms with van der Waals surface area (Å²) in [4.78, 5) is 25.4. The van der Waals surface area contributed by atoms with Gasteiger partial charge in [-0.05, 0) is 33.1 Å². The fourth-order valence-corrected chi connectivity index (χ4v) is 4.97. The Bertz CT molecular complexity index is 528. The first-order chi connectivity index (χ1) is 18.3. The maximum Gasteiger partial charge on any atom is 0.221 e. The second-order valence-corrected chi connectivity index (χ2v) is 12.4. The van der Waals surface area contributed by atoms with Crippen LogP contribution in [0.3, 0.4) is 0 Å². The molecule has 0 bridgehead atoms. The highest BCUT2D eigenvalue weighted by Crippen LogP contribution is 2.15. The number of amides is 2. The molecule has 0 fully saturated rings. The van der Waals surface area contributed by atoms with Gasteiger partial charge in [0.05, 0.1) is 26.7 Å². The molecule has 0 spiro atoms. The third-order valence-electron chi connectivity index (χ3n) is 8.57. The normalized spacial score (nSPS) is 12.6. The average molecular weight is 539 g/mol. The van der Waals surface area contributed by atoms with Crippen LogP contribution >= 0.6 is 0 Å². The van der Waals surface area contributed by atoms with Gasteiger partial charge in [0.1, 0.15) is 6.17 Å². The highest BCUT2D eigenvalue weighted by molar-refractivity contribution is 5.79. The van der Waals surface area contributed by atoms with E-state index in [0.717, 1.165) is 49.6 Å². The van der Waals surface area contributed by atoms with E-state index in [1.165, 1.54) is 89.9 Å². The van der Waals surface area contributed by atoms with Crippen molar-refractivity contribution in [2.24, 2.45) is 0 Å². The number of hydrogen-bond donors (Lipinski definition) is 2. The number of carbonyl (C=O) groups excluding carboxylic acids is 2. The molecule has 5 heteroatoms. The highest BCUT2D eigenvalue weighted by Gasteiger charge is 2.24. The van der Waals surface area contributed by atoms with Crippen molar-refractivity contribution in [1.29, 1.82) is 0 Å². The number of quaternary nitrogens is 1. The summed E-state index contributed by atoms with van der Waals surface area (Å²) < 4.78 is 0.950. The minimum atomic E-state index is -0.258. The third kappa shape index (κ3) is 21.8. The van der Waals surface area contributed by atoms with Crippen molar-refractivity contribution in [3.63, 3.8) is 0 Å². The van der Waals surface area contributed by atoms with Gasteiger partial charge in [-0.25, -0.2) is 0 Å². The predicted molar refractivity (Wildman–Crippen MR) is 165 cm³/mol. The standard InChI is InChI=1S/C33H67N3O2/c1-7-10-12-14-16-18-20-22-24-26-32(37)34-31(29-28-30(4)36(5,6)9-3)35-33(38)27-25-23-21-19-17-15-13-11-8-2/h30-31H,7-29H2,1-6H3,(H-,34,35,37,38)/p+1. The molecule has 0 saturated carbocycles. The number of rotatable bonds is 27. The summed E-state index contributed by atoms with van der Waals surface area (Å²) in [5.74, 6) is 0.163. The van der Waals surface area contributed by atoms with Crippen molar-refractivity contribution < 1.29 is 14.1 Å². The van der Waals surface area contributed by atoms with Gasteiger partial charge in [0.2, 0.25) is 11.8 Å². The fraction of sp³-hybridized carbons (Fsp3) is 0.939. The van der Waals surface area contributed by atoms with E-state index in [0.29, 0.717) is 18.9 Å². The molecule has 1 atom stereocenters. The lowest BCUT2D eigenvalue weighted by Crippen LogP contribution is -2.51. The molecule has 0 aliphatic heterocycles. The van der Waals surface area contributed by atoms with Crippen molar-refractivity contribution in [1.82, 2.24) is 10.6 Å². The molecule has 2 N–H and O–H groups in total. The van der Waals surface area contributed by atoms with Crippen molar-refractivity contribution in [3.05, 3.63) is 0 Å². The van der Waals surface area contributed by atoms with Crippen LogP contribution in [0.25, 0.3) is 0 Å². The molecule has 0 aromatic carbocycles. The topological polar surface area (TPSA) is 58.2 Å². The van der Waals surface area contributed by atoms with Crippen LogP contribution in [0, 0.1) is 0 Å². The number of hydrogen-bond acceptors (Lipinski definition) is 2. The molecule has 38 heavy (non-hydrogen) atoms. The first kappa shape index (κ1) is 36.9. The van der Waals surface area contributed by atoms with Gasteiger partial charge >= 0.3 is 0 Å². The maximum atomic E-state index is 12.7. The predicted octanol–water partition coefficient (Wildman–Crippen LogP) is 8.65. The zero-order valence-electron chi connectivity index (χ0n) is 26.7. The molecule has 1 unspecified atom stereocenters. The number of unbranched alkanes of at least 4 members (excludes halogenated alkanes) is 16. The molecular formula is C33H68N3O2+. The Labute approximate surface area is 238 Å². The molecule has 0 aliphatic carbocycles. The summed E-state index contributed by atoms with van der Waals surface area (Å²) in [6.45, 7) is 10.1. The van der Waals surface area contributed by atoms with Crippen LogP contribution in [-0.4, -0.2) is 49.1 Å². The second kappa shape index (κ2) is 24.9. The van der Waals surface area contributed by atoms with E-state index in [1.54, 1.807) is 0 Å². The number of nitrogens with one attached hydrogen (secondary N) is 2. The van der Waals surface area contributed by atoms with E-state index in [4.69, 9.17) is 0 Å². The van der Waals surface area contributed by atoms with E-state index in [2.05, 4.69) is 52.4 Å². The lowest BCUT2D eigenvalue weighted by atomic mass is 10.1. The van der Waals surface area contributed by atoms with Crippen LogP contribution < -0.4 is 10.6 Å². The van der Waals surface area contributed by atoms with Gasteiger partial charge in [-0.2, -0.15) is 0 Å². The smallest absolute Gasteiger partial charge is 0.221 e. The van der Waals surface area contributed by atoms with Crippen LogP contribution in [0.2, 0.25) is 0 Å². The molecule has 5 nitrogen and oxygen atoms in total. The zero-order valence-corrected chi connectivity index (χ0v) is 26.7. The number of nitrogens with zero attached hydrogens (tertiary/aromatic N) is 1. The van der Waals surface area contributed by atoms with E-state index < -0.39 is 0 Å². The summed E-state index contributed by atoms with van der Waals surface area (Å²) >= 11 is 0. The first-order valence-electron chi connectivity index (χ1n) is 16.7. The third-order valence-corrected chi connectivity index (χ3v) is 8.57. The molecule has 0 heterocycles. The van der Waals surface area contributed by atoms with Crippen molar-refractivity contribution in [2.75, 3.05) is 20.6 Å². The minimum absolute atomic E-state index is 0.0817. The Morgan fingerprint density at radius 1 is 0.553 bits per heavy atom. The molecule has 0 radical (unpaired) electrons. The molecule has 0 aliphatic rings. The fourth-order valence-electron chi connectivity index (χ4n) is 4.97. The van der Waals surface area contributed by atoms with Gasteiger partial charge < -0.3 is 15.1 Å². The molecule has 2 amide bonds. The van der Waals surface area contributed by atoms with Crippen molar-refractivity contribution in [2.45, 2.75) is 181 Å². The quantitative estimate of drug-likeness (QED) is 0.0624. The largest absolute Gasteiger partial charge is 0.336 e. The maximum absolute atomic E-state index is 12.7. The molecule has 0 aromatic heterocycles. The minimum Gasteiger partial charge on any atom is -0.336 e. The summed E-state index contributed by atoms with van der Waals surface area (Å²) in [5.41, 5.74) is 0. The van der Waals surface area contributed by atoms with Crippen LogP contribution in [0.1, 0.15) is 169 Å². The van der Waals surface area contributed by atoms with E-state index >= 15 is 0 Å². The van der Waals surface area contributed by atoms with Crippen LogP contribution in [0.4, 0.5) is 0 Å². The van der Waals surface area contributed by atoms with E-state index in [-0.39, 0.29) is 18.0 Å². The molecule has 0 rings (SSSR count). The lowest BCUT2D eigenvalue weighted by Gasteiger charge is -2.36. The summed E-state index contributed by atoms with van der Waals surface area (Å²) in [7, 11) is 4.51. The van der Waals surface area contributed by atoms with E-state index in [1.807, 2.05) is 0 Å². The van der Waals surface area contributed by atoms with Crippen LogP contribution in [-0.2, 0) is 9.59 Å². The van der Waals surface area contributed by atoms with E-state index in [9.17, 15) is 9.59 Å². The van der Waals surface area contributed by atoms with Gasteiger partial charge in [-0.3, -0.25) is 9.59 Å². The number of carbonyl (C=O) groups is 2. The summed E-state index contributed by atoms with van der Waals surface area (Å²) in [6, 6.07) is 0.478. The van der Waals surface area contributed by atoms with Gasteiger partial charge in [0.15, 0.2) is 0 Å². The van der Waals surface area contributed by atoms with Crippen LogP contribution in [0.15, 0.2) is 0 Å². The second-order valence-electron chi connectivity index (χ2n) is 12.4. The monoisotopic (exact) mass is 539 g/mol. The molecule has 226 valence electrons. The Morgan fingerprint density at radius 2 is 0.895 bits per heavy atom. The SMILES string of the molecule is CCCCCCCCCCCC(=O)NC(CCC(C)[N+](C)(C)CC)NC(=O)CCCCCCCCCCC. The zero-order chi connectivity index (χ0) is 28.5.